The Balaban J connectivity index is 2.98. The summed E-state index contributed by atoms with van der Waals surface area (Å²) in [5, 5.41) is 0.349. The van der Waals surface area contributed by atoms with Gasteiger partial charge in [-0.05, 0) is 18.3 Å². The number of rotatable bonds is 3. The van der Waals surface area contributed by atoms with Crippen LogP contribution in [0.2, 0.25) is 0 Å². The van der Waals surface area contributed by atoms with Crippen molar-refractivity contribution in [3.63, 3.8) is 0 Å². The minimum atomic E-state index is -0.120. The van der Waals surface area contributed by atoms with E-state index in [2.05, 4.69) is 4.98 Å². The van der Waals surface area contributed by atoms with E-state index in [4.69, 9.17) is 9.47 Å². The van der Waals surface area contributed by atoms with Crippen molar-refractivity contribution in [2.45, 2.75) is 6.92 Å². The second-order valence-corrected chi connectivity index (χ2v) is 2.87. The molecule has 4 nitrogen and oxygen atoms in total. The Bertz CT molecular complexity index is 310. The summed E-state index contributed by atoms with van der Waals surface area (Å²) in [5.41, 5.74) is 0. The summed E-state index contributed by atoms with van der Waals surface area (Å²) >= 11 is 0.963. The van der Waals surface area contributed by atoms with Crippen LogP contribution in [-0.2, 0) is 0 Å². The molecule has 0 spiro atoms. The number of methoxy groups -OCH3 is 1. The number of nitrogens with zero attached hydrogens (tertiary/aromatic N) is 1. The summed E-state index contributed by atoms with van der Waals surface area (Å²) in [5.74, 6) is 0.294. The highest BCUT2D eigenvalue weighted by molar-refractivity contribution is 7.10. The fourth-order valence-electron chi connectivity index (χ4n) is 0.651. The van der Waals surface area contributed by atoms with Gasteiger partial charge in [-0.3, -0.25) is 4.79 Å². The lowest BCUT2D eigenvalue weighted by atomic mass is 10.7. The van der Waals surface area contributed by atoms with Crippen molar-refractivity contribution in [1.29, 1.82) is 0 Å². The first-order valence-corrected chi connectivity index (χ1v) is 4.27. The van der Waals surface area contributed by atoms with E-state index in [1.54, 1.807) is 0 Å². The minimum absolute atomic E-state index is 0.120. The summed E-state index contributed by atoms with van der Waals surface area (Å²) in [4.78, 5) is 14.9. The first-order chi connectivity index (χ1) is 5.76. The van der Waals surface area contributed by atoms with Gasteiger partial charge in [-0.2, -0.15) is 4.98 Å². The average Bonchev–Trinajstić information content (AvgIpc) is 2.04. The Morgan fingerprint density at radius 1 is 1.67 bits per heavy atom. The smallest absolute Gasteiger partial charge is 0.279 e. The number of hydrogen-bond acceptors (Lipinski definition) is 5. The summed E-state index contributed by atoms with van der Waals surface area (Å²) in [7, 11) is 1.46. The van der Waals surface area contributed by atoms with E-state index in [9.17, 15) is 4.79 Å². The first-order valence-electron chi connectivity index (χ1n) is 3.45. The third-order valence-corrected chi connectivity index (χ3v) is 1.81. The molecule has 0 saturated heterocycles. The third kappa shape index (κ3) is 2.20. The highest BCUT2D eigenvalue weighted by Gasteiger charge is 2.01. The summed E-state index contributed by atoms with van der Waals surface area (Å²) < 4.78 is 9.73. The Hall–Kier alpha value is -1.10. The minimum Gasteiger partial charge on any atom is -0.481 e. The van der Waals surface area contributed by atoms with Crippen molar-refractivity contribution in [2.75, 3.05) is 13.7 Å². The van der Waals surface area contributed by atoms with Crippen molar-refractivity contribution in [1.82, 2.24) is 4.98 Å². The molecule has 1 rings (SSSR count). The molecule has 12 heavy (non-hydrogen) atoms. The van der Waals surface area contributed by atoms with Crippen LogP contribution in [0.4, 0.5) is 0 Å². The van der Waals surface area contributed by atoms with Gasteiger partial charge in [-0.25, -0.2) is 0 Å². The normalized spacial score (nSPS) is 9.50. The quantitative estimate of drug-likeness (QED) is 0.705. The van der Waals surface area contributed by atoms with Crippen molar-refractivity contribution in [2.24, 2.45) is 0 Å². The van der Waals surface area contributed by atoms with Crippen molar-refractivity contribution in [3.8, 4) is 11.1 Å². The van der Waals surface area contributed by atoms with Crippen LogP contribution in [0.5, 0.6) is 11.1 Å². The van der Waals surface area contributed by atoms with E-state index in [1.807, 2.05) is 6.92 Å². The number of ether oxygens (including phenoxy) is 2. The van der Waals surface area contributed by atoms with Gasteiger partial charge in [0.05, 0.1) is 19.8 Å². The van der Waals surface area contributed by atoms with E-state index in [0.717, 1.165) is 11.3 Å². The molecule has 0 bridgehead atoms. The lowest BCUT2D eigenvalue weighted by molar-refractivity contribution is 0.326. The molecule has 0 radical (unpaired) electrons. The molecule has 1 aromatic heterocycles. The maximum absolute atomic E-state index is 11.0. The molecule has 0 fully saturated rings. The standard InChI is InChI=1S/C7H9NO3S/c1-3-11-7-8-5(10-2)4-6(9)12-7/h4H,3H2,1-2H3. The van der Waals surface area contributed by atoms with Crippen LogP contribution in [-0.4, -0.2) is 18.7 Å². The molecule has 0 aliphatic carbocycles. The fraction of sp³-hybridized carbons (Fsp3) is 0.429. The van der Waals surface area contributed by atoms with Crippen LogP contribution < -0.4 is 14.2 Å². The van der Waals surface area contributed by atoms with Crippen LogP contribution in [0.1, 0.15) is 6.92 Å². The van der Waals surface area contributed by atoms with Crippen LogP contribution >= 0.6 is 11.3 Å². The molecule has 0 saturated carbocycles. The van der Waals surface area contributed by atoms with Crippen LogP contribution in [0.3, 0.4) is 0 Å². The van der Waals surface area contributed by atoms with Crippen molar-refractivity contribution in [3.05, 3.63) is 15.6 Å². The molecule has 66 valence electrons. The van der Waals surface area contributed by atoms with E-state index in [-0.39, 0.29) is 4.74 Å². The molecule has 1 heterocycles. The maximum atomic E-state index is 11.0. The topological polar surface area (TPSA) is 48.4 Å². The molecule has 0 aliphatic rings. The summed E-state index contributed by atoms with van der Waals surface area (Å²) in [6.45, 7) is 2.33. The zero-order chi connectivity index (χ0) is 8.97. The third-order valence-electron chi connectivity index (χ3n) is 1.11. The number of aromatic nitrogens is 1. The second-order valence-electron chi connectivity index (χ2n) is 1.92. The highest BCUT2D eigenvalue weighted by Crippen LogP contribution is 2.14. The fourth-order valence-corrected chi connectivity index (χ4v) is 1.30. The van der Waals surface area contributed by atoms with E-state index >= 15 is 0 Å². The van der Waals surface area contributed by atoms with Gasteiger partial charge in [0.2, 0.25) is 10.6 Å². The highest BCUT2D eigenvalue weighted by atomic mass is 32.1. The van der Waals surface area contributed by atoms with Gasteiger partial charge >= 0.3 is 0 Å². The van der Waals surface area contributed by atoms with Gasteiger partial charge < -0.3 is 9.47 Å². The molecule has 5 heteroatoms. The van der Waals surface area contributed by atoms with Gasteiger partial charge in [-0.15, -0.1) is 0 Å². The molecule has 0 aromatic carbocycles. The van der Waals surface area contributed by atoms with Crippen LogP contribution in [0.25, 0.3) is 0 Å². The maximum Gasteiger partial charge on any atom is 0.279 e. The summed E-state index contributed by atoms with van der Waals surface area (Å²) in [6.07, 6.45) is 0. The van der Waals surface area contributed by atoms with Crippen molar-refractivity contribution >= 4 is 11.3 Å². The molecule has 0 amide bonds. The molecular formula is C7H9NO3S. The SMILES string of the molecule is CCOc1nc(OC)cc(=O)s1. The van der Waals surface area contributed by atoms with Gasteiger partial charge in [0, 0.05) is 0 Å². The molecule has 1 aromatic rings. The Morgan fingerprint density at radius 2 is 2.42 bits per heavy atom. The zero-order valence-corrected chi connectivity index (χ0v) is 7.68. The van der Waals surface area contributed by atoms with Gasteiger partial charge in [0.15, 0.2) is 0 Å². The van der Waals surface area contributed by atoms with E-state index in [0.29, 0.717) is 17.7 Å². The lowest BCUT2D eigenvalue weighted by Crippen LogP contribution is -2.01. The molecule has 0 atom stereocenters. The lowest BCUT2D eigenvalue weighted by Gasteiger charge is -2.01. The Labute approximate surface area is 73.8 Å². The largest absolute Gasteiger partial charge is 0.481 e. The summed E-state index contributed by atoms with van der Waals surface area (Å²) in [6, 6.07) is 1.33. The zero-order valence-electron chi connectivity index (χ0n) is 6.86. The Kier molecular flexibility index (Phi) is 3.04. The van der Waals surface area contributed by atoms with Gasteiger partial charge in [-0.1, -0.05) is 0 Å². The van der Waals surface area contributed by atoms with Crippen LogP contribution in [0.15, 0.2) is 10.9 Å². The van der Waals surface area contributed by atoms with Crippen molar-refractivity contribution < 1.29 is 9.47 Å². The number of hydrogen-bond donors (Lipinski definition) is 0. The molecule has 0 aliphatic heterocycles. The van der Waals surface area contributed by atoms with Gasteiger partial charge in [0.1, 0.15) is 0 Å². The predicted molar refractivity (Wildman–Crippen MR) is 46.1 cm³/mol. The predicted octanol–water partition coefficient (Wildman–Crippen LogP) is 0.911. The monoisotopic (exact) mass is 187 g/mol. The second kappa shape index (κ2) is 4.06. The van der Waals surface area contributed by atoms with Crippen LogP contribution in [0, 0.1) is 0 Å². The van der Waals surface area contributed by atoms with E-state index in [1.165, 1.54) is 13.2 Å². The van der Waals surface area contributed by atoms with Gasteiger partial charge in [0.25, 0.3) is 5.19 Å². The molecule has 0 N–H and O–H groups in total. The first kappa shape index (κ1) is 8.99. The molecule has 0 unspecified atom stereocenters. The Morgan fingerprint density at radius 3 is 3.00 bits per heavy atom. The van der Waals surface area contributed by atoms with E-state index < -0.39 is 0 Å². The molecular weight excluding hydrogens is 178 g/mol. The average molecular weight is 187 g/mol.